The van der Waals surface area contributed by atoms with E-state index in [-0.39, 0.29) is 12.5 Å². The van der Waals surface area contributed by atoms with Crippen LogP contribution in [0.25, 0.3) is 10.8 Å². The van der Waals surface area contributed by atoms with E-state index in [4.69, 9.17) is 11.5 Å². The second-order valence-corrected chi connectivity index (χ2v) is 4.08. The number of amides is 1. The molecule has 0 aliphatic rings. The molecule has 2 aromatic rings. The Kier molecular flexibility index (Phi) is 3.32. The Bertz CT molecular complexity index is 582. The van der Waals surface area contributed by atoms with Gasteiger partial charge in [0.2, 0.25) is 5.91 Å². The van der Waals surface area contributed by atoms with E-state index in [0.717, 1.165) is 16.5 Å². The van der Waals surface area contributed by atoms with Crippen molar-refractivity contribution in [2.75, 3.05) is 23.7 Å². The number of primary amides is 1. The molecule has 0 radical (unpaired) electrons. The van der Waals surface area contributed by atoms with Crippen molar-refractivity contribution in [2.45, 2.75) is 6.92 Å². The molecule has 0 atom stereocenters. The summed E-state index contributed by atoms with van der Waals surface area (Å²) >= 11 is 0. The van der Waals surface area contributed by atoms with Gasteiger partial charge in [0, 0.05) is 29.7 Å². The number of nitrogens with two attached hydrogens (primary N) is 2. The highest BCUT2D eigenvalue weighted by Crippen LogP contribution is 2.30. The zero-order chi connectivity index (χ0) is 13.1. The number of hydrogen-bond donors (Lipinski definition) is 2. The van der Waals surface area contributed by atoms with Crippen LogP contribution in [-0.2, 0) is 4.79 Å². The van der Waals surface area contributed by atoms with Crippen LogP contribution < -0.4 is 16.4 Å². The van der Waals surface area contributed by atoms with Crippen LogP contribution in [0.2, 0.25) is 0 Å². The van der Waals surface area contributed by atoms with Gasteiger partial charge in [0.15, 0.2) is 0 Å². The van der Waals surface area contributed by atoms with Gasteiger partial charge in [0.1, 0.15) is 0 Å². The van der Waals surface area contributed by atoms with Gasteiger partial charge in [0.05, 0.1) is 17.9 Å². The fourth-order valence-corrected chi connectivity index (χ4v) is 2.01. The lowest BCUT2D eigenvalue weighted by atomic mass is 10.1. The van der Waals surface area contributed by atoms with Gasteiger partial charge < -0.3 is 16.4 Å². The molecule has 5 heteroatoms. The number of benzene rings is 1. The van der Waals surface area contributed by atoms with Crippen molar-refractivity contribution in [3.63, 3.8) is 0 Å². The number of pyridine rings is 1. The van der Waals surface area contributed by atoms with Crippen LogP contribution in [0.3, 0.4) is 0 Å². The fourth-order valence-electron chi connectivity index (χ4n) is 2.01. The lowest BCUT2D eigenvalue weighted by molar-refractivity contribution is -0.116. The molecule has 2 rings (SSSR count). The Labute approximate surface area is 105 Å². The summed E-state index contributed by atoms with van der Waals surface area (Å²) in [5, 5.41) is 1.92. The highest BCUT2D eigenvalue weighted by atomic mass is 16.1. The fraction of sp³-hybridized carbons (Fsp3) is 0.231. The number of carbonyl (C=O) groups excluding carboxylic acids is 1. The average molecular weight is 244 g/mol. The molecule has 4 N–H and O–H groups in total. The van der Waals surface area contributed by atoms with Crippen molar-refractivity contribution < 1.29 is 4.79 Å². The predicted octanol–water partition coefficient (Wildman–Crippen LogP) is 1.13. The highest BCUT2D eigenvalue weighted by Gasteiger charge is 2.12. The summed E-state index contributed by atoms with van der Waals surface area (Å²) in [6.45, 7) is 2.79. The second-order valence-electron chi connectivity index (χ2n) is 4.08. The van der Waals surface area contributed by atoms with E-state index in [1.54, 1.807) is 12.4 Å². The largest absolute Gasteiger partial charge is 0.397 e. The maximum absolute atomic E-state index is 11.0. The third-order valence-electron chi connectivity index (χ3n) is 2.91. The molecular weight excluding hydrogens is 228 g/mol. The molecule has 0 aliphatic heterocycles. The molecule has 1 aromatic heterocycles. The Morgan fingerprint density at radius 2 is 2.17 bits per heavy atom. The standard InChI is InChI=1S/C13H16N4O/c1-2-17(8-12(14)18)11-4-3-9-7-16-6-5-10(9)13(11)15/h3-7H,2,8,15H2,1H3,(H2,14,18). The molecule has 18 heavy (non-hydrogen) atoms. The van der Waals surface area contributed by atoms with E-state index in [0.29, 0.717) is 12.2 Å². The summed E-state index contributed by atoms with van der Waals surface area (Å²) in [5.41, 5.74) is 12.9. The number of anilines is 2. The first-order chi connectivity index (χ1) is 8.63. The Morgan fingerprint density at radius 3 is 2.83 bits per heavy atom. The second kappa shape index (κ2) is 4.91. The van der Waals surface area contributed by atoms with Crippen molar-refractivity contribution in [3.8, 4) is 0 Å². The summed E-state index contributed by atoms with van der Waals surface area (Å²) in [6, 6.07) is 5.70. The number of fused-ring (bicyclic) bond motifs is 1. The molecule has 0 bridgehead atoms. The quantitative estimate of drug-likeness (QED) is 0.789. The van der Waals surface area contributed by atoms with Gasteiger partial charge in [-0.3, -0.25) is 9.78 Å². The summed E-state index contributed by atoms with van der Waals surface area (Å²) in [7, 11) is 0. The third-order valence-corrected chi connectivity index (χ3v) is 2.91. The summed E-state index contributed by atoms with van der Waals surface area (Å²) in [5.74, 6) is -0.369. The minimum absolute atomic E-state index is 0.164. The van der Waals surface area contributed by atoms with Crippen LogP contribution in [0, 0.1) is 0 Å². The van der Waals surface area contributed by atoms with Crippen molar-refractivity contribution >= 4 is 28.1 Å². The molecule has 0 saturated carbocycles. The Morgan fingerprint density at radius 1 is 1.39 bits per heavy atom. The van der Waals surface area contributed by atoms with Crippen LogP contribution in [0.1, 0.15) is 6.92 Å². The van der Waals surface area contributed by atoms with Gasteiger partial charge in [-0.2, -0.15) is 0 Å². The van der Waals surface area contributed by atoms with Crippen LogP contribution in [0.4, 0.5) is 11.4 Å². The first-order valence-corrected chi connectivity index (χ1v) is 5.79. The summed E-state index contributed by atoms with van der Waals surface area (Å²) in [6.07, 6.45) is 3.46. The zero-order valence-electron chi connectivity index (χ0n) is 10.3. The van der Waals surface area contributed by atoms with Crippen LogP contribution in [-0.4, -0.2) is 24.0 Å². The van der Waals surface area contributed by atoms with Crippen molar-refractivity contribution in [1.82, 2.24) is 4.98 Å². The SMILES string of the molecule is CCN(CC(N)=O)c1ccc2cnccc2c1N. The van der Waals surface area contributed by atoms with Crippen LogP contribution in [0.15, 0.2) is 30.6 Å². The summed E-state index contributed by atoms with van der Waals surface area (Å²) in [4.78, 5) is 17.0. The number of aromatic nitrogens is 1. The molecule has 1 aromatic carbocycles. The molecule has 1 heterocycles. The summed E-state index contributed by atoms with van der Waals surface area (Å²) < 4.78 is 0. The minimum Gasteiger partial charge on any atom is -0.397 e. The first kappa shape index (κ1) is 12.2. The lowest BCUT2D eigenvalue weighted by Gasteiger charge is -2.23. The molecule has 0 spiro atoms. The van der Waals surface area contributed by atoms with E-state index in [1.165, 1.54) is 0 Å². The average Bonchev–Trinajstić information content (AvgIpc) is 2.37. The van der Waals surface area contributed by atoms with Gasteiger partial charge in [-0.25, -0.2) is 0 Å². The number of hydrogen-bond acceptors (Lipinski definition) is 4. The predicted molar refractivity (Wildman–Crippen MR) is 73.2 cm³/mol. The van der Waals surface area contributed by atoms with E-state index >= 15 is 0 Å². The first-order valence-electron chi connectivity index (χ1n) is 5.79. The maximum Gasteiger partial charge on any atom is 0.236 e. The number of nitrogens with zero attached hydrogens (tertiary/aromatic N) is 2. The molecule has 0 aliphatic carbocycles. The van der Waals surface area contributed by atoms with Crippen molar-refractivity contribution in [1.29, 1.82) is 0 Å². The van der Waals surface area contributed by atoms with Gasteiger partial charge in [-0.15, -0.1) is 0 Å². The van der Waals surface area contributed by atoms with Crippen LogP contribution >= 0.6 is 0 Å². The maximum atomic E-state index is 11.0. The topological polar surface area (TPSA) is 85.2 Å². The third kappa shape index (κ3) is 2.20. The van der Waals surface area contributed by atoms with E-state index in [9.17, 15) is 4.79 Å². The lowest BCUT2D eigenvalue weighted by Crippen LogP contribution is -2.34. The Hall–Kier alpha value is -2.30. The number of nitrogen functional groups attached to an aromatic ring is 1. The minimum atomic E-state index is -0.369. The van der Waals surface area contributed by atoms with Crippen LogP contribution in [0.5, 0.6) is 0 Å². The number of carbonyl (C=O) groups is 1. The zero-order valence-corrected chi connectivity index (χ0v) is 10.3. The molecule has 0 saturated heterocycles. The molecule has 1 amide bonds. The van der Waals surface area contributed by atoms with Gasteiger partial charge in [0.25, 0.3) is 0 Å². The smallest absolute Gasteiger partial charge is 0.236 e. The monoisotopic (exact) mass is 244 g/mol. The molecule has 0 unspecified atom stereocenters. The van der Waals surface area contributed by atoms with Crippen molar-refractivity contribution in [3.05, 3.63) is 30.6 Å². The molecule has 94 valence electrons. The molecule has 5 nitrogen and oxygen atoms in total. The van der Waals surface area contributed by atoms with E-state index in [2.05, 4.69) is 4.98 Å². The Balaban J connectivity index is 2.50. The normalized spacial score (nSPS) is 10.5. The number of rotatable bonds is 4. The van der Waals surface area contributed by atoms with Gasteiger partial charge in [-0.1, -0.05) is 6.07 Å². The molecular formula is C13H16N4O. The van der Waals surface area contributed by atoms with Crippen molar-refractivity contribution in [2.24, 2.45) is 5.73 Å². The van der Waals surface area contributed by atoms with Gasteiger partial charge >= 0.3 is 0 Å². The molecule has 0 fully saturated rings. The number of likely N-dealkylation sites (N-methyl/N-ethyl adjacent to an activating group) is 1. The van der Waals surface area contributed by atoms with E-state index in [1.807, 2.05) is 30.0 Å². The van der Waals surface area contributed by atoms with Gasteiger partial charge in [-0.05, 0) is 19.1 Å². The highest BCUT2D eigenvalue weighted by molar-refractivity contribution is 5.99. The van der Waals surface area contributed by atoms with E-state index < -0.39 is 0 Å².